The lowest BCUT2D eigenvalue weighted by atomic mass is 10.2. The number of ether oxygens (including phenoxy) is 1. The Morgan fingerprint density at radius 1 is 1.24 bits per heavy atom. The van der Waals surface area contributed by atoms with E-state index in [0.29, 0.717) is 12.6 Å². The van der Waals surface area contributed by atoms with Crippen molar-refractivity contribution in [1.29, 1.82) is 0 Å². The molecule has 88 valence electrons. The van der Waals surface area contributed by atoms with Gasteiger partial charge in [0.15, 0.2) is 0 Å². The average molecular weight is 229 g/mol. The maximum atomic E-state index is 5.63. The summed E-state index contributed by atoms with van der Waals surface area (Å²) >= 11 is 0. The van der Waals surface area contributed by atoms with Gasteiger partial charge in [0.05, 0.1) is 0 Å². The summed E-state index contributed by atoms with van der Waals surface area (Å²) < 4.78 is 5.63. The number of nitrogens with zero attached hydrogens (tertiary/aromatic N) is 2. The van der Waals surface area contributed by atoms with Gasteiger partial charge in [0.1, 0.15) is 5.75 Å². The molecule has 0 aliphatic rings. The predicted octanol–water partition coefficient (Wildman–Crippen LogP) is 2.34. The molecule has 0 aliphatic carbocycles. The second-order valence-electron chi connectivity index (χ2n) is 3.83. The van der Waals surface area contributed by atoms with Crippen LogP contribution in [0.25, 0.3) is 0 Å². The van der Waals surface area contributed by atoms with Crippen LogP contribution in [0.4, 0.5) is 0 Å². The van der Waals surface area contributed by atoms with E-state index in [1.54, 1.807) is 6.20 Å². The van der Waals surface area contributed by atoms with Crippen molar-refractivity contribution in [2.45, 2.75) is 20.4 Å². The molecule has 0 bridgehead atoms. The standard InChI is InChI=1S/C13H15N3O/c1-9-5-3-4-6-12(9)17-13-15-8-11(7-14)10(2)16-13/h3-6,8H,7,14H2,1-2H3. The summed E-state index contributed by atoms with van der Waals surface area (Å²) in [5, 5.41) is 0. The first-order valence-electron chi connectivity index (χ1n) is 5.47. The van der Waals surface area contributed by atoms with Gasteiger partial charge in [-0.2, -0.15) is 4.98 Å². The van der Waals surface area contributed by atoms with Crippen molar-refractivity contribution in [1.82, 2.24) is 9.97 Å². The van der Waals surface area contributed by atoms with Gasteiger partial charge in [0, 0.05) is 24.0 Å². The Bertz CT molecular complexity index is 526. The molecule has 0 saturated carbocycles. The van der Waals surface area contributed by atoms with Gasteiger partial charge >= 0.3 is 6.01 Å². The van der Waals surface area contributed by atoms with Gasteiger partial charge in [-0.25, -0.2) is 4.98 Å². The van der Waals surface area contributed by atoms with Crippen molar-refractivity contribution in [2.75, 3.05) is 0 Å². The fourth-order valence-corrected chi connectivity index (χ4v) is 1.49. The molecule has 2 aromatic rings. The molecule has 0 aliphatic heterocycles. The first kappa shape index (κ1) is 11.5. The van der Waals surface area contributed by atoms with Crippen molar-refractivity contribution in [2.24, 2.45) is 5.73 Å². The second-order valence-corrected chi connectivity index (χ2v) is 3.83. The van der Waals surface area contributed by atoms with Crippen molar-refractivity contribution in [3.8, 4) is 11.8 Å². The average Bonchev–Trinajstić information content (AvgIpc) is 2.32. The molecular weight excluding hydrogens is 214 g/mol. The van der Waals surface area contributed by atoms with E-state index in [9.17, 15) is 0 Å². The third-order valence-electron chi connectivity index (χ3n) is 2.57. The highest BCUT2D eigenvalue weighted by Crippen LogP contribution is 2.22. The van der Waals surface area contributed by atoms with Crippen LogP contribution in [-0.4, -0.2) is 9.97 Å². The Morgan fingerprint density at radius 2 is 2.00 bits per heavy atom. The van der Waals surface area contributed by atoms with E-state index in [1.165, 1.54) is 0 Å². The van der Waals surface area contributed by atoms with E-state index in [-0.39, 0.29) is 0 Å². The van der Waals surface area contributed by atoms with Crippen molar-refractivity contribution < 1.29 is 4.74 Å². The number of aromatic nitrogens is 2. The van der Waals surface area contributed by atoms with Crippen molar-refractivity contribution >= 4 is 0 Å². The summed E-state index contributed by atoms with van der Waals surface area (Å²) in [7, 11) is 0. The van der Waals surface area contributed by atoms with Crippen LogP contribution in [-0.2, 0) is 6.54 Å². The Kier molecular flexibility index (Phi) is 3.35. The fourth-order valence-electron chi connectivity index (χ4n) is 1.49. The summed E-state index contributed by atoms with van der Waals surface area (Å²) in [4.78, 5) is 8.40. The predicted molar refractivity (Wildman–Crippen MR) is 65.9 cm³/mol. The van der Waals surface area contributed by atoms with E-state index >= 15 is 0 Å². The lowest BCUT2D eigenvalue weighted by molar-refractivity contribution is 0.436. The first-order chi connectivity index (χ1) is 8.20. The minimum Gasteiger partial charge on any atom is -0.424 e. The topological polar surface area (TPSA) is 61.0 Å². The Labute approximate surface area is 100 Å². The highest BCUT2D eigenvalue weighted by Gasteiger charge is 2.05. The number of hydrogen-bond donors (Lipinski definition) is 1. The third kappa shape index (κ3) is 2.60. The molecule has 0 spiro atoms. The molecule has 1 aromatic heterocycles. The molecule has 0 fully saturated rings. The lowest BCUT2D eigenvalue weighted by Gasteiger charge is -2.08. The maximum absolute atomic E-state index is 5.63. The van der Waals surface area contributed by atoms with Crippen LogP contribution in [0.5, 0.6) is 11.8 Å². The van der Waals surface area contributed by atoms with Gasteiger partial charge in [-0.1, -0.05) is 18.2 Å². The molecule has 0 saturated heterocycles. The third-order valence-corrected chi connectivity index (χ3v) is 2.57. The molecule has 0 unspecified atom stereocenters. The highest BCUT2D eigenvalue weighted by atomic mass is 16.5. The molecule has 0 amide bonds. The highest BCUT2D eigenvalue weighted by molar-refractivity contribution is 5.34. The summed E-state index contributed by atoms with van der Waals surface area (Å²) in [5.41, 5.74) is 8.39. The molecule has 2 rings (SSSR count). The molecule has 1 aromatic carbocycles. The quantitative estimate of drug-likeness (QED) is 0.877. The molecule has 2 N–H and O–H groups in total. The maximum Gasteiger partial charge on any atom is 0.322 e. The molecule has 4 heteroatoms. The van der Waals surface area contributed by atoms with E-state index < -0.39 is 0 Å². The van der Waals surface area contributed by atoms with Crippen molar-refractivity contribution in [3.05, 3.63) is 47.3 Å². The summed E-state index contributed by atoms with van der Waals surface area (Å²) in [5.74, 6) is 0.771. The molecule has 0 radical (unpaired) electrons. The number of para-hydroxylation sites is 1. The van der Waals surface area contributed by atoms with Crippen LogP contribution in [0, 0.1) is 13.8 Å². The monoisotopic (exact) mass is 229 g/mol. The van der Waals surface area contributed by atoms with Crippen LogP contribution >= 0.6 is 0 Å². The SMILES string of the molecule is Cc1ccccc1Oc1ncc(CN)c(C)n1. The summed E-state index contributed by atoms with van der Waals surface area (Å²) in [6.45, 7) is 4.32. The Morgan fingerprint density at radius 3 is 2.65 bits per heavy atom. The molecule has 4 nitrogen and oxygen atoms in total. The van der Waals surface area contributed by atoms with Crippen LogP contribution in [0.15, 0.2) is 30.5 Å². The Hall–Kier alpha value is -1.94. The van der Waals surface area contributed by atoms with Gasteiger partial charge in [0.2, 0.25) is 0 Å². The summed E-state index contributed by atoms with van der Waals surface area (Å²) in [6, 6.07) is 8.12. The lowest BCUT2D eigenvalue weighted by Crippen LogP contribution is -2.03. The Balaban J connectivity index is 2.25. The van der Waals surface area contributed by atoms with Gasteiger partial charge in [-0.05, 0) is 25.5 Å². The first-order valence-corrected chi connectivity index (χ1v) is 5.47. The number of aryl methyl sites for hydroxylation is 2. The van der Waals surface area contributed by atoms with Crippen molar-refractivity contribution in [3.63, 3.8) is 0 Å². The molecule has 0 atom stereocenters. The minimum atomic E-state index is 0.356. The van der Waals surface area contributed by atoms with E-state index in [2.05, 4.69) is 9.97 Å². The zero-order valence-electron chi connectivity index (χ0n) is 9.97. The number of rotatable bonds is 3. The number of nitrogens with two attached hydrogens (primary N) is 1. The smallest absolute Gasteiger partial charge is 0.322 e. The zero-order valence-corrected chi connectivity index (χ0v) is 9.97. The number of hydrogen-bond acceptors (Lipinski definition) is 4. The van der Waals surface area contributed by atoms with E-state index in [4.69, 9.17) is 10.5 Å². The molecule has 17 heavy (non-hydrogen) atoms. The normalized spacial score (nSPS) is 10.3. The van der Waals surface area contributed by atoms with Gasteiger partial charge in [0.25, 0.3) is 0 Å². The number of benzene rings is 1. The van der Waals surface area contributed by atoms with Gasteiger partial charge in [-0.15, -0.1) is 0 Å². The van der Waals surface area contributed by atoms with Crippen LogP contribution < -0.4 is 10.5 Å². The second kappa shape index (κ2) is 4.93. The van der Waals surface area contributed by atoms with Crippen LogP contribution in [0.2, 0.25) is 0 Å². The van der Waals surface area contributed by atoms with Crippen LogP contribution in [0.3, 0.4) is 0 Å². The minimum absolute atomic E-state index is 0.356. The largest absolute Gasteiger partial charge is 0.424 e. The van der Waals surface area contributed by atoms with Crippen LogP contribution in [0.1, 0.15) is 16.8 Å². The molecular formula is C13H15N3O. The zero-order chi connectivity index (χ0) is 12.3. The van der Waals surface area contributed by atoms with E-state index in [0.717, 1.165) is 22.6 Å². The fraction of sp³-hybridized carbons (Fsp3) is 0.231. The molecule has 1 heterocycles. The van der Waals surface area contributed by atoms with Gasteiger partial charge in [-0.3, -0.25) is 0 Å². The van der Waals surface area contributed by atoms with Gasteiger partial charge < -0.3 is 10.5 Å². The van der Waals surface area contributed by atoms with E-state index in [1.807, 2.05) is 38.1 Å². The summed E-state index contributed by atoms with van der Waals surface area (Å²) in [6.07, 6.45) is 1.70.